The number of amides is 1. The summed E-state index contributed by atoms with van der Waals surface area (Å²) in [7, 11) is 0. The van der Waals surface area contributed by atoms with Gasteiger partial charge in [-0.15, -0.1) is 11.8 Å². The van der Waals surface area contributed by atoms with E-state index in [0.29, 0.717) is 6.54 Å². The summed E-state index contributed by atoms with van der Waals surface area (Å²) in [4.78, 5) is 22.9. The highest BCUT2D eigenvalue weighted by atomic mass is 32.2. The zero-order chi connectivity index (χ0) is 15.2. The van der Waals surface area contributed by atoms with Crippen LogP contribution >= 0.6 is 11.8 Å². The number of carbonyl (C=O) groups is 1. The van der Waals surface area contributed by atoms with E-state index in [-0.39, 0.29) is 18.0 Å². The van der Waals surface area contributed by atoms with Gasteiger partial charge in [-0.1, -0.05) is 0 Å². The lowest BCUT2D eigenvalue weighted by Gasteiger charge is -2.06. The van der Waals surface area contributed by atoms with Gasteiger partial charge < -0.3 is 5.32 Å². The highest BCUT2D eigenvalue weighted by molar-refractivity contribution is 7.98. The fourth-order valence-corrected chi connectivity index (χ4v) is 2.09. The molecule has 2 rings (SSSR count). The van der Waals surface area contributed by atoms with Crippen LogP contribution in [0.2, 0.25) is 0 Å². The number of carbonyl (C=O) groups excluding carboxylic acids is 1. The van der Waals surface area contributed by atoms with E-state index < -0.39 is 4.92 Å². The second-order valence-electron chi connectivity index (χ2n) is 4.25. The van der Waals surface area contributed by atoms with Gasteiger partial charge in [0, 0.05) is 23.5 Å². The van der Waals surface area contributed by atoms with Gasteiger partial charge in [-0.3, -0.25) is 19.6 Å². The predicted molar refractivity (Wildman–Crippen MR) is 80.4 cm³/mol. The molecule has 0 aliphatic heterocycles. The van der Waals surface area contributed by atoms with Crippen LogP contribution in [0, 0.1) is 10.1 Å². The van der Waals surface area contributed by atoms with Gasteiger partial charge in [0.15, 0.2) is 0 Å². The van der Waals surface area contributed by atoms with Crippen LogP contribution in [0.15, 0.2) is 41.6 Å². The molecule has 0 spiro atoms. The predicted octanol–water partition coefficient (Wildman–Crippen LogP) is 2.54. The molecule has 0 aliphatic carbocycles. The van der Waals surface area contributed by atoms with E-state index in [9.17, 15) is 14.9 Å². The number of anilines is 1. The van der Waals surface area contributed by atoms with Crippen LogP contribution in [0.3, 0.4) is 0 Å². The Labute approximate surface area is 125 Å². The molecule has 1 aromatic heterocycles. The third-order valence-electron chi connectivity index (χ3n) is 2.77. The van der Waals surface area contributed by atoms with Gasteiger partial charge in [0.2, 0.25) is 5.91 Å². The minimum absolute atomic E-state index is 0.0805. The van der Waals surface area contributed by atoms with Gasteiger partial charge in [-0.25, -0.2) is 0 Å². The molecule has 0 unspecified atom stereocenters. The van der Waals surface area contributed by atoms with Crippen molar-refractivity contribution < 1.29 is 9.72 Å². The topological polar surface area (TPSA) is 90.1 Å². The van der Waals surface area contributed by atoms with E-state index in [1.165, 1.54) is 17.1 Å². The van der Waals surface area contributed by atoms with E-state index in [1.807, 2.05) is 30.5 Å². The number of rotatable bonds is 6. The molecular formula is C13H14N4O3S. The first kappa shape index (κ1) is 15.0. The lowest BCUT2D eigenvalue weighted by atomic mass is 10.3. The number of hydrogen-bond acceptors (Lipinski definition) is 5. The molecule has 2 aromatic rings. The molecule has 0 saturated carbocycles. The van der Waals surface area contributed by atoms with E-state index in [0.717, 1.165) is 10.6 Å². The van der Waals surface area contributed by atoms with Crippen molar-refractivity contribution in [2.75, 3.05) is 11.6 Å². The van der Waals surface area contributed by atoms with Crippen molar-refractivity contribution in [1.29, 1.82) is 0 Å². The molecule has 1 amide bonds. The number of nitrogens with zero attached hydrogens (tertiary/aromatic N) is 3. The quantitative estimate of drug-likeness (QED) is 0.503. The summed E-state index contributed by atoms with van der Waals surface area (Å²) in [6.45, 7) is 0.294. The first-order valence-corrected chi connectivity index (χ1v) is 7.41. The third kappa shape index (κ3) is 4.32. The Hall–Kier alpha value is -2.35. The summed E-state index contributed by atoms with van der Waals surface area (Å²) >= 11 is 1.63. The Morgan fingerprint density at radius 3 is 2.71 bits per heavy atom. The maximum atomic E-state index is 11.8. The molecule has 0 fully saturated rings. The van der Waals surface area contributed by atoms with Crippen molar-refractivity contribution in [2.24, 2.45) is 0 Å². The van der Waals surface area contributed by atoms with Gasteiger partial charge in [0.1, 0.15) is 12.4 Å². The normalized spacial score (nSPS) is 10.3. The molecule has 0 bridgehead atoms. The van der Waals surface area contributed by atoms with Crippen molar-refractivity contribution >= 4 is 29.0 Å². The van der Waals surface area contributed by atoms with Crippen LogP contribution in [-0.2, 0) is 11.3 Å². The lowest BCUT2D eigenvalue weighted by molar-refractivity contribution is -0.385. The second kappa shape index (κ2) is 6.89. The Morgan fingerprint density at radius 1 is 1.43 bits per heavy atom. The molecule has 7 nitrogen and oxygen atoms in total. The molecular weight excluding hydrogens is 292 g/mol. The number of aromatic nitrogens is 2. The number of thioether (sulfide) groups is 1. The van der Waals surface area contributed by atoms with Crippen LogP contribution in [0.4, 0.5) is 11.4 Å². The molecule has 0 atom stereocenters. The fraction of sp³-hybridized carbons (Fsp3) is 0.231. The minimum Gasteiger partial charge on any atom is -0.326 e. The Balaban J connectivity index is 1.84. The first-order chi connectivity index (χ1) is 10.1. The summed E-state index contributed by atoms with van der Waals surface area (Å²) in [5, 5.41) is 17.1. The lowest BCUT2D eigenvalue weighted by Crippen LogP contribution is -2.14. The molecule has 8 heteroatoms. The first-order valence-electron chi connectivity index (χ1n) is 6.19. The number of hydrogen-bond donors (Lipinski definition) is 1. The largest absolute Gasteiger partial charge is 0.326 e. The van der Waals surface area contributed by atoms with E-state index in [4.69, 9.17) is 0 Å². The van der Waals surface area contributed by atoms with Gasteiger partial charge in [-0.2, -0.15) is 5.10 Å². The summed E-state index contributed by atoms with van der Waals surface area (Å²) < 4.78 is 1.38. The average molecular weight is 306 g/mol. The van der Waals surface area contributed by atoms with E-state index >= 15 is 0 Å². The number of nitro groups is 1. The zero-order valence-electron chi connectivity index (χ0n) is 11.4. The van der Waals surface area contributed by atoms with Crippen LogP contribution < -0.4 is 5.32 Å². The molecule has 1 N–H and O–H groups in total. The molecule has 0 radical (unpaired) electrons. The van der Waals surface area contributed by atoms with Gasteiger partial charge in [-0.05, 0) is 30.5 Å². The standard InChI is InChI=1S/C13H14N4O3S/c1-21-12-4-2-10(3-5-12)15-13(18)6-7-16-9-11(8-14-16)17(19)20/h2-5,8-9H,6-7H2,1H3,(H,15,18). The highest BCUT2D eigenvalue weighted by Gasteiger charge is 2.09. The van der Waals surface area contributed by atoms with Crippen LogP contribution in [0.5, 0.6) is 0 Å². The van der Waals surface area contributed by atoms with Crippen molar-refractivity contribution in [1.82, 2.24) is 9.78 Å². The molecule has 110 valence electrons. The second-order valence-corrected chi connectivity index (χ2v) is 5.13. The van der Waals surface area contributed by atoms with E-state index in [2.05, 4.69) is 10.4 Å². The molecule has 0 saturated heterocycles. The summed E-state index contributed by atoms with van der Waals surface area (Å²) in [5.41, 5.74) is 0.646. The van der Waals surface area contributed by atoms with Crippen molar-refractivity contribution in [3.63, 3.8) is 0 Å². The monoisotopic (exact) mass is 306 g/mol. The van der Waals surface area contributed by atoms with Crippen LogP contribution in [0.25, 0.3) is 0 Å². The maximum Gasteiger partial charge on any atom is 0.306 e. The van der Waals surface area contributed by atoms with Crippen molar-refractivity contribution in [3.05, 3.63) is 46.8 Å². The molecule has 0 aliphatic rings. The number of benzene rings is 1. The summed E-state index contributed by atoms with van der Waals surface area (Å²) in [6.07, 6.45) is 4.65. The average Bonchev–Trinajstić information content (AvgIpc) is 2.95. The van der Waals surface area contributed by atoms with Crippen LogP contribution in [0.1, 0.15) is 6.42 Å². The van der Waals surface area contributed by atoms with Crippen molar-refractivity contribution in [2.45, 2.75) is 17.9 Å². The van der Waals surface area contributed by atoms with Crippen molar-refractivity contribution in [3.8, 4) is 0 Å². The zero-order valence-corrected chi connectivity index (χ0v) is 12.2. The Bertz CT molecular complexity index is 639. The smallest absolute Gasteiger partial charge is 0.306 e. The van der Waals surface area contributed by atoms with Gasteiger partial charge in [0.05, 0.1) is 4.92 Å². The Morgan fingerprint density at radius 2 is 2.14 bits per heavy atom. The minimum atomic E-state index is -0.517. The third-order valence-corrected chi connectivity index (χ3v) is 3.52. The Kier molecular flexibility index (Phi) is 4.94. The van der Waals surface area contributed by atoms with Gasteiger partial charge in [0.25, 0.3) is 0 Å². The van der Waals surface area contributed by atoms with Gasteiger partial charge >= 0.3 is 5.69 Å². The fourth-order valence-electron chi connectivity index (χ4n) is 1.68. The summed E-state index contributed by atoms with van der Waals surface area (Å²) in [6, 6.07) is 7.53. The van der Waals surface area contributed by atoms with Crippen LogP contribution in [-0.4, -0.2) is 26.9 Å². The molecule has 1 aromatic carbocycles. The number of nitrogens with one attached hydrogen (secondary N) is 1. The SMILES string of the molecule is CSc1ccc(NC(=O)CCn2cc([N+](=O)[O-])cn2)cc1. The summed E-state index contributed by atoms with van der Waals surface area (Å²) in [5.74, 6) is -0.162. The maximum absolute atomic E-state index is 11.8. The number of aryl methyl sites for hydroxylation is 1. The highest BCUT2D eigenvalue weighted by Crippen LogP contribution is 2.17. The molecule has 21 heavy (non-hydrogen) atoms. The van der Waals surface area contributed by atoms with E-state index in [1.54, 1.807) is 11.8 Å². The molecule has 1 heterocycles.